The molecule has 2 aromatic rings. The van der Waals surface area contributed by atoms with E-state index in [4.69, 9.17) is 28.9 Å². The molecule has 0 unspecified atom stereocenters. The molecule has 0 bridgehead atoms. The zero-order valence-electron chi connectivity index (χ0n) is 10.5. The molecule has 1 heterocycles. The van der Waals surface area contributed by atoms with Crippen LogP contribution < -0.4 is 5.73 Å². The predicted molar refractivity (Wildman–Crippen MR) is 78.6 cm³/mol. The summed E-state index contributed by atoms with van der Waals surface area (Å²) in [7, 11) is 0. The van der Waals surface area contributed by atoms with Gasteiger partial charge in [0.05, 0.1) is 22.1 Å². The van der Waals surface area contributed by atoms with Crippen molar-refractivity contribution in [2.45, 2.75) is 25.7 Å². The van der Waals surface area contributed by atoms with Crippen molar-refractivity contribution >= 4 is 29.0 Å². The molecule has 2 N–H and O–H groups in total. The molecule has 0 saturated heterocycles. The molecule has 98 valence electrons. The number of hydrogen-bond acceptors (Lipinski definition) is 3. The van der Waals surface area contributed by atoms with Crippen LogP contribution in [0, 0.1) is 6.92 Å². The number of rotatable bonds is 2. The van der Waals surface area contributed by atoms with Gasteiger partial charge in [-0.25, -0.2) is 9.97 Å². The zero-order chi connectivity index (χ0) is 13.6. The summed E-state index contributed by atoms with van der Waals surface area (Å²) in [5.41, 5.74) is 9.24. The number of aromatic nitrogens is 2. The molecule has 1 fully saturated rings. The van der Waals surface area contributed by atoms with Crippen LogP contribution in [0.1, 0.15) is 30.1 Å². The van der Waals surface area contributed by atoms with Gasteiger partial charge in [0.1, 0.15) is 5.82 Å². The van der Waals surface area contributed by atoms with Gasteiger partial charge in [0.2, 0.25) is 0 Å². The molecule has 5 heteroatoms. The van der Waals surface area contributed by atoms with Crippen LogP contribution in [0.3, 0.4) is 0 Å². The van der Waals surface area contributed by atoms with E-state index in [1.807, 2.05) is 19.1 Å². The first-order valence-corrected chi connectivity index (χ1v) is 6.91. The van der Waals surface area contributed by atoms with E-state index in [0.717, 1.165) is 35.5 Å². The lowest BCUT2D eigenvalue weighted by Gasteiger charge is -2.11. The van der Waals surface area contributed by atoms with Crippen molar-refractivity contribution in [3.63, 3.8) is 0 Å². The molecule has 0 atom stereocenters. The Labute approximate surface area is 121 Å². The van der Waals surface area contributed by atoms with Gasteiger partial charge in [-0.1, -0.05) is 23.2 Å². The van der Waals surface area contributed by atoms with Gasteiger partial charge >= 0.3 is 0 Å². The topological polar surface area (TPSA) is 51.8 Å². The van der Waals surface area contributed by atoms with Crippen LogP contribution in [0.2, 0.25) is 10.0 Å². The smallest absolute Gasteiger partial charge is 0.145 e. The van der Waals surface area contributed by atoms with E-state index < -0.39 is 0 Å². The number of nitrogens with zero attached hydrogens (tertiary/aromatic N) is 2. The van der Waals surface area contributed by atoms with Crippen molar-refractivity contribution in [2.24, 2.45) is 0 Å². The van der Waals surface area contributed by atoms with E-state index in [0.29, 0.717) is 21.8 Å². The maximum Gasteiger partial charge on any atom is 0.145 e. The van der Waals surface area contributed by atoms with Crippen molar-refractivity contribution in [2.75, 3.05) is 5.73 Å². The van der Waals surface area contributed by atoms with Crippen molar-refractivity contribution in [1.29, 1.82) is 0 Å². The van der Waals surface area contributed by atoms with Gasteiger partial charge in [0.25, 0.3) is 0 Å². The Morgan fingerprint density at radius 1 is 1.21 bits per heavy atom. The van der Waals surface area contributed by atoms with Crippen LogP contribution in [0.4, 0.5) is 5.82 Å². The van der Waals surface area contributed by atoms with Gasteiger partial charge in [0, 0.05) is 16.5 Å². The highest BCUT2D eigenvalue weighted by Crippen LogP contribution is 2.44. The summed E-state index contributed by atoms with van der Waals surface area (Å²) in [4.78, 5) is 9.08. The molecule has 0 aliphatic heterocycles. The monoisotopic (exact) mass is 293 g/mol. The normalized spacial score (nSPS) is 14.7. The zero-order valence-corrected chi connectivity index (χ0v) is 12.0. The van der Waals surface area contributed by atoms with Gasteiger partial charge in [-0.2, -0.15) is 0 Å². The first-order valence-electron chi connectivity index (χ1n) is 6.15. The molecule has 0 amide bonds. The van der Waals surface area contributed by atoms with Gasteiger partial charge < -0.3 is 5.73 Å². The fourth-order valence-corrected chi connectivity index (χ4v) is 2.57. The molecule has 0 radical (unpaired) electrons. The van der Waals surface area contributed by atoms with Crippen molar-refractivity contribution in [3.05, 3.63) is 39.6 Å². The van der Waals surface area contributed by atoms with E-state index >= 15 is 0 Å². The number of aryl methyl sites for hydroxylation is 1. The number of nitrogens with two attached hydrogens (primary N) is 1. The summed E-state index contributed by atoms with van der Waals surface area (Å²) < 4.78 is 0. The van der Waals surface area contributed by atoms with Crippen LogP contribution in [-0.4, -0.2) is 9.97 Å². The highest BCUT2D eigenvalue weighted by Gasteiger charge is 2.30. The predicted octanol–water partition coefficient (Wildman–Crippen LogP) is 4.22. The quantitative estimate of drug-likeness (QED) is 0.902. The first-order chi connectivity index (χ1) is 9.06. The van der Waals surface area contributed by atoms with Crippen LogP contribution in [-0.2, 0) is 0 Å². The summed E-state index contributed by atoms with van der Waals surface area (Å²) >= 11 is 12.2. The third kappa shape index (κ3) is 2.40. The number of benzene rings is 1. The molecule has 1 aliphatic rings. The molecule has 1 aliphatic carbocycles. The lowest BCUT2D eigenvalue weighted by Crippen LogP contribution is -2.04. The second kappa shape index (κ2) is 4.66. The first kappa shape index (κ1) is 12.7. The maximum absolute atomic E-state index is 6.27. The van der Waals surface area contributed by atoms with Gasteiger partial charge in [-0.3, -0.25) is 0 Å². The average Bonchev–Trinajstić information content (AvgIpc) is 3.16. The third-order valence-electron chi connectivity index (χ3n) is 3.28. The second-order valence-electron chi connectivity index (χ2n) is 4.83. The highest BCUT2D eigenvalue weighted by atomic mass is 35.5. The molecule has 3 rings (SSSR count). The van der Waals surface area contributed by atoms with Crippen molar-refractivity contribution < 1.29 is 0 Å². The summed E-state index contributed by atoms with van der Waals surface area (Å²) in [6.07, 6.45) is 2.27. The average molecular weight is 294 g/mol. The molecule has 1 aromatic carbocycles. The fraction of sp³-hybridized carbons (Fsp3) is 0.286. The molecule has 3 nitrogen and oxygen atoms in total. The summed E-state index contributed by atoms with van der Waals surface area (Å²) in [5.74, 6) is 0.952. The van der Waals surface area contributed by atoms with Crippen LogP contribution in [0.5, 0.6) is 0 Å². The van der Waals surface area contributed by atoms with Crippen molar-refractivity contribution in [3.8, 4) is 11.3 Å². The van der Waals surface area contributed by atoms with E-state index in [1.165, 1.54) is 0 Å². The third-order valence-corrected chi connectivity index (χ3v) is 3.83. The number of anilines is 1. The largest absolute Gasteiger partial charge is 0.382 e. The molecular formula is C14H13Cl2N3. The van der Waals surface area contributed by atoms with E-state index in [9.17, 15) is 0 Å². The summed E-state index contributed by atoms with van der Waals surface area (Å²) in [6, 6.07) is 5.42. The minimum Gasteiger partial charge on any atom is -0.382 e. The van der Waals surface area contributed by atoms with E-state index in [1.54, 1.807) is 6.07 Å². The van der Waals surface area contributed by atoms with E-state index in [2.05, 4.69) is 9.97 Å². The number of nitrogen functional groups attached to an aromatic ring is 1. The SMILES string of the molecule is Cc1nc(-c2ccc(Cl)cc2Cl)c(C2CC2)nc1N. The lowest BCUT2D eigenvalue weighted by molar-refractivity contribution is 0.982. The highest BCUT2D eigenvalue weighted by molar-refractivity contribution is 6.36. The lowest BCUT2D eigenvalue weighted by atomic mass is 10.1. The Morgan fingerprint density at radius 2 is 1.95 bits per heavy atom. The molecular weight excluding hydrogens is 281 g/mol. The molecule has 1 aromatic heterocycles. The Morgan fingerprint density at radius 3 is 2.58 bits per heavy atom. The Balaban J connectivity index is 2.20. The van der Waals surface area contributed by atoms with Gasteiger partial charge in [-0.15, -0.1) is 0 Å². The second-order valence-corrected chi connectivity index (χ2v) is 5.67. The van der Waals surface area contributed by atoms with E-state index in [-0.39, 0.29) is 0 Å². The summed E-state index contributed by atoms with van der Waals surface area (Å²) in [5, 5.41) is 1.20. The minimum absolute atomic E-state index is 0.456. The molecule has 19 heavy (non-hydrogen) atoms. The fourth-order valence-electron chi connectivity index (χ4n) is 2.07. The van der Waals surface area contributed by atoms with Crippen molar-refractivity contribution in [1.82, 2.24) is 9.97 Å². The molecule has 0 spiro atoms. The van der Waals surface area contributed by atoms with Gasteiger partial charge in [-0.05, 0) is 38.0 Å². The number of hydrogen-bond donors (Lipinski definition) is 1. The standard InChI is InChI=1S/C14H13Cl2N3/c1-7-14(17)19-12(8-2-3-8)13(18-7)10-5-4-9(15)6-11(10)16/h4-6,8H,2-3H2,1H3,(H2,17,19). The number of halogens is 2. The summed E-state index contributed by atoms with van der Waals surface area (Å²) in [6.45, 7) is 1.85. The van der Waals surface area contributed by atoms with Crippen LogP contribution in [0.25, 0.3) is 11.3 Å². The maximum atomic E-state index is 6.27. The Bertz CT molecular complexity index is 651. The van der Waals surface area contributed by atoms with Crippen LogP contribution >= 0.6 is 23.2 Å². The minimum atomic E-state index is 0.456. The molecule has 1 saturated carbocycles. The Kier molecular flexibility index (Phi) is 3.11. The van der Waals surface area contributed by atoms with Crippen LogP contribution in [0.15, 0.2) is 18.2 Å². The Hall–Kier alpha value is -1.32. The van der Waals surface area contributed by atoms with Gasteiger partial charge in [0.15, 0.2) is 0 Å².